The van der Waals surface area contributed by atoms with Crippen LogP contribution in [0.5, 0.6) is 0 Å². The molecule has 1 aliphatic heterocycles. The van der Waals surface area contributed by atoms with Gasteiger partial charge in [0.1, 0.15) is 17.2 Å². The Morgan fingerprint density at radius 2 is 2.03 bits per heavy atom. The van der Waals surface area contributed by atoms with Crippen LogP contribution in [0, 0.1) is 0 Å². The maximum atomic E-state index is 10.8. The van der Waals surface area contributed by atoms with Gasteiger partial charge in [-0.25, -0.2) is 4.98 Å². The highest BCUT2D eigenvalue weighted by atomic mass is 35.5. The quantitative estimate of drug-likeness (QED) is 0.379. The summed E-state index contributed by atoms with van der Waals surface area (Å²) < 4.78 is 1.82. The molecule has 0 amide bonds. The summed E-state index contributed by atoms with van der Waals surface area (Å²) in [7, 11) is 0. The van der Waals surface area contributed by atoms with Gasteiger partial charge in [-0.15, -0.1) is 12.4 Å². The summed E-state index contributed by atoms with van der Waals surface area (Å²) in [5, 5.41) is 35.4. The molecule has 1 aromatic carbocycles. The number of hydrogen-bond donors (Lipinski definition) is 5. The van der Waals surface area contributed by atoms with E-state index in [1.807, 2.05) is 35.0 Å². The smallest absolute Gasteiger partial charge is 0.163 e. The molecule has 0 aliphatic carbocycles. The Morgan fingerprint density at radius 1 is 1.26 bits per heavy atom. The number of benzene rings is 1. The molecule has 3 aromatic rings. The van der Waals surface area contributed by atoms with Gasteiger partial charge in [-0.05, 0) is 24.4 Å². The number of β-amino-alcohol motifs (C(OH)–C–C–N with tert-alkyl or cyclic N) is 1. The molecule has 1 saturated heterocycles. The van der Waals surface area contributed by atoms with Gasteiger partial charge < -0.3 is 26.2 Å². The molecule has 168 valence electrons. The van der Waals surface area contributed by atoms with Crippen LogP contribution in [-0.2, 0) is 6.54 Å². The van der Waals surface area contributed by atoms with Crippen LogP contribution in [0.25, 0.3) is 5.65 Å². The van der Waals surface area contributed by atoms with Gasteiger partial charge in [0.25, 0.3) is 0 Å². The van der Waals surface area contributed by atoms with E-state index in [0.717, 1.165) is 17.0 Å². The van der Waals surface area contributed by atoms with Gasteiger partial charge in [0.15, 0.2) is 5.65 Å². The third-order valence-electron chi connectivity index (χ3n) is 5.71. The second kappa shape index (κ2) is 9.82. The number of rotatable bonds is 7. The number of anilines is 2. The summed E-state index contributed by atoms with van der Waals surface area (Å²) in [6.07, 6.45) is 1.51. The van der Waals surface area contributed by atoms with E-state index in [4.69, 9.17) is 4.98 Å². The van der Waals surface area contributed by atoms with Crippen molar-refractivity contribution in [1.82, 2.24) is 19.9 Å². The molecule has 2 atom stereocenters. The third-order valence-corrected chi connectivity index (χ3v) is 5.71. The van der Waals surface area contributed by atoms with E-state index in [9.17, 15) is 10.2 Å². The highest BCUT2D eigenvalue weighted by Gasteiger charge is 2.37. The van der Waals surface area contributed by atoms with Gasteiger partial charge in [-0.1, -0.05) is 44.2 Å². The normalized spacial score (nSPS) is 21.1. The molecule has 0 bridgehead atoms. The minimum atomic E-state index is -1.18. The Bertz CT molecular complexity index is 996. The largest absolute Gasteiger partial charge is 0.389 e. The van der Waals surface area contributed by atoms with Crippen LogP contribution >= 0.6 is 12.4 Å². The first-order chi connectivity index (χ1) is 14.5. The van der Waals surface area contributed by atoms with Crippen molar-refractivity contribution in [2.75, 3.05) is 30.3 Å². The highest BCUT2D eigenvalue weighted by molar-refractivity contribution is 5.85. The highest BCUT2D eigenvalue weighted by Crippen LogP contribution is 2.25. The van der Waals surface area contributed by atoms with Gasteiger partial charge >= 0.3 is 0 Å². The van der Waals surface area contributed by atoms with E-state index in [0.29, 0.717) is 31.9 Å². The number of aliphatic hydroxyl groups excluding tert-OH is 1. The number of hydrogen-bond acceptors (Lipinski definition) is 7. The van der Waals surface area contributed by atoms with Gasteiger partial charge in [0.2, 0.25) is 0 Å². The lowest BCUT2D eigenvalue weighted by molar-refractivity contribution is -0.0820. The van der Waals surface area contributed by atoms with Crippen LogP contribution in [0.4, 0.5) is 11.6 Å². The third kappa shape index (κ3) is 5.10. The average molecular weight is 447 g/mol. The van der Waals surface area contributed by atoms with Crippen LogP contribution in [0.3, 0.4) is 0 Å². The zero-order valence-electron chi connectivity index (χ0n) is 17.9. The molecule has 9 heteroatoms. The molecule has 3 heterocycles. The number of aromatic nitrogens is 3. The second-order valence-corrected chi connectivity index (χ2v) is 8.28. The Kier molecular flexibility index (Phi) is 7.38. The number of aliphatic hydroxyl groups is 2. The molecule has 0 unspecified atom stereocenters. The van der Waals surface area contributed by atoms with E-state index >= 15 is 0 Å². The molecule has 1 fully saturated rings. The van der Waals surface area contributed by atoms with Crippen molar-refractivity contribution in [2.45, 2.75) is 44.4 Å². The number of piperidine rings is 1. The molecule has 0 spiro atoms. The molecule has 0 radical (unpaired) electrons. The average Bonchev–Trinajstić information content (AvgIpc) is 3.18. The van der Waals surface area contributed by atoms with E-state index in [-0.39, 0.29) is 24.9 Å². The van der Waals surface area contributed by atoms with Crippen molar-refractivity contribution in [3.8, 4) is 0 Å². The first-order valence-corrected chi connectivity index (χ1v) is 10.5. The van der Waals surface area contributed by atoms with Crippen molar-refractivity contribution in [3.05, 3.63) is 53.7 Å². The molecule has 4 rings (SSSR count). The lowest BCUT2D eigenvalue weighted by atomic mass is 9.89. The Labute approximate surface area is 188 Å². The predicted octanol–water partition coefficient (Wildman–Crippen LogP) is 2.38. The first-order valence-electron chi connectivity index (χ1n) is 10.5. The number of nitrogens with one attached hydrogen (secondary N) is 3. The fraction of sp³-hybridized carbons (Fsp3) is 0.455. The van der Waals surface area contributed by atoms with Crippen molar-refractivity contribution < 1.29 is 10.2 Å². The lowest BCUT2D eigenvalue weighted by Crippen LogP contribution is -2.57. The fourth-order valence-electron chi connectivity index (χ4n) is 3.74. The van der Waals surface area contributed by atoms with Crippen molar-refractivity contribution in [3.63, 3.8) is 0 Å². The maximum absolute atomic E-state index is 10.8. The summed E-state index contributed by atoms with van der Waals surface area (Å²) in [4.78, 5) is 4.75. The zero-order valence-corrected chi connectivity index (χ0v) is 18.7. The summed E-state index contributed by atoms with van der Waals surface area (Å²) in [5.41, 5.74) is 1.82. The van der Waals surface area contributed by atoms with E-state index in [2.05, 4.69) is 47.0 Å². The fourth-order valence-corrected chi connectivity index (χ4v) is 3.74. The van der Waals surface area contributed by atoms with Gasteiger partial charge in [0, 0.05) is 31.3 Å². The van der Waals surface area contributed by atoms with Crippen LogP contribution in [-0.4, -0.2) is 56.2 Å². The zero-order chi connectivity index (χ0) is 21.1. The van der Waals surface area contributed by atoms with Gasteiger partial charge in [-0.2, -0.15) is 9.61 Å². The van der Waals surface area contributed by atoms with Crippen LogP contribution in [0.1, 0.15) is 37.3 Å². The van der Waals surface area contributed by atoms with E-state index < -0.39 is 11.7 Å². The number of halogens is 1. The molecule has 0 saturated carbocycles. The molecular formula is C22H31ClN6O2. The predicted molar refractivity (Wildman–Crippen MR) is 125 cm³/mol. The van der Waals surface area contributed by atoms with Crippen molar-refractivity contribution >= 4 is 29.7 Å². The Balaban J connectivity index is 0.00000272. The molecular weight excluding hydrogens is 416 g/mol. The van der Waals surface area contributed by atoms with Crippen LogP contribution in [0.15, 0.2) is 42.6 Å². The summed E-state index contributed by atoms with van der Waals surface area (Å²) in [6, 6.07) is 12.1. The standard InChI is InChI=1S/C22H30N6O2.ClH/c1-15(2)17-12-26-28-20(24-11-16-6-4-3-5-7-16)10-19(27-21(17)28)25-14-22(30)8-9-23-13-18(22)29;/h3-7,10,12,15,18,23-24,29-30H,8-9,11,13-14H2,1-2H3,(H,25,27);1H/t18-,22-;/m1./s1. The number of nitrogens with zero attached hydrogens (tertiary/aromatic N) is 3. The Morgan fingerprint density at radius 3 is 2.74 bits per heavy atom. The minimum Gasteiger partial charge on any atom is -0.389 e. The summed E-state index contributed by atoms with van der Waals surface area (Å²) >= 11 is 0. The van der Waals surface area contributed by atoms with E-state index in [1.54, 1.807) is 0 Å². The SMILES string of the molecule is CC(C)c1cnn2c(NCc3ccccc3)cc(NC[C@]3(O)CCNC[C@H]3O)nc12.Cl. The van der Waals surface area contributed by atoms with E-state index in [1.165, 1.54) is 5.56 Å². The topological polar surface area (TPSA) is 107 Å². The first kappa shape index (κ1) is 23.3. The maximum Gasteiger partial charge on any atom is 0.163 e. The molecule has 31 heavy (non-hydrogen) atoms. The molecule has 1 aliphatic rings. The van der Waals surface area contributed by atoms with Crippen molar-refractivity contribution in [1.29, 1.82) is 0 Å². The van der Waals surface area contributed by atoms with Crippen molar-refractivity contribution in [2.24, 2.45) is 0 Å². The minimum absolute atomic E-state index is 0. The molecule has 8 nitrogen and oxygen atoms in total. The van der Waals surface area contributed by atoms with Gasteiger partial charge in [0.05, 0.1) is 12.3 Å². The monoisotopic (exact) mass is 446 g/mol. The summed E-state index contributed by atoms with van der Waals surface area (Å²) in [6.45, 7) is 6.17. The Hall–Kier alpha value is -2.39. The second-order valence-electron chi connectivity index (χ2n) is 8.28. The lowest BCUT2D eigenvalue weighted by Gasteiger charge is -2.37. The van der Waals surface area contributed by atoms with Crippen LogP contribution in [0.2, 0.25) is 0 Å². The summed E-state index contributed by atoms with van der Waals surface area (Å²) in [5.74, 6) is 1.73. The molecule has 5 N–H and O–H groups in total. The molecule has 2 aromatic heterocycles. The van der Waals surface area contributed by atoms with Crippen LogP contribution < -0.4 is 16.0 Å². The number of fused-ring (bicyclic) bond motifs is 1. The van der Waals surface area contributed by atoms with Gasteiger partial charge in [-0.3, -0.25) is 0 Å².